The Morgan fingerprint density at radius 2 is 1.42 bits per heavy atom. The van der Waals surface area contributed by atoms with Gasteiger partial charge in [0.05, 0.1) is 0 Å². The highest BCUT2D eigenvalue weighted by Crippen LogP contribution is 2.10. The molecule has 6 nitrogen and oxygen atoms in total. The number of hydrogen-bond acceptors (Lipinski definition) is 3. The minimum atomic E-state index is -1.12. The van der Waals surface area contributed by atoms with Gasteiger partial charge in [-0.2, -0.15) is 0 Å². The van der Waals surface area contributed by atoms with Gasteiger partial charge in [0.1, 0.15) is 6.42 Å². The zero-order valence-corrected chi connectivity index (χ0v) is 11.6. The summed E-state index contributed by atoms with van der Waals surface area (Å²) in [5, 5.41) is 8.57. The number of aliphatic carboxylic acids is 1. The number of amides is 2. The molecule has 1 aliphatic rings. The maximum absolute atomic E-state index is 12.1. The molecule has 0 spiro atoms. The third kappa shape index (κ3) is 4.08. The zero-order valence-electron chi connectivity index (χ0n) is 11.6. The largest absolute Gasteiger partial charge is 0.481 e. The van der Waals surface area contributed by atoms with Gasteiger partial charge in [0, 0.05) is 31.8 Å². The topological polar surface area (TPSA) is 77.9 Å². The Balaban J connectivity index is 2.54. The number of rotatable bonds is 3. The fraction of sp³-hybridized carbons (Fsp3) is 0.615. The summed E-state index contributed by atoms with van der Waals surface area (Å²) in [6.07, 6.45) is -0.485. The van der Waals surface area contributed by atoms with E-state index in [0.29, 0.717) is 26.2 Å². The van der Waals surface area contributed by atoms with Crippen molar-refractivity contribution in [2.45, 2.75) is 27.2 Å². The third-order valence-electron chi connectivity index (χ3n) is 3.29. The molecule has 0 saturated carbocycles. The Morgan fingerprint density at radius 1 is 0.947 bits per heavy atom. The van der Waals surface area contributed by atoms with Crippen molar-refractivity contribution in [2.75, 3.05) is 26.2 Å². The molecular formula is C13H20N2O4. The monoisotopic (exact) mass is 268 g/mol. The van der Waals surface area contributed by atoms with Gasteiger partial charge in [-0.15, -0.1) is 0 Å². The van der Waals surface area contributed by atoms with Crippen LogP contribution in [0.4, 0.5) is 0 Å². The second kappa shape index (κ2) is 6.36. The molecule has 1 N–H and O–H groups in total. The van der Waals surface area contributed by atoms with Gasteiger partial charge in [0.15, 0.2) is 0 Å². The molecular weight excluding hydrogens is 248 g/mol. The minimum absolute atomic E-state index is 0.00895. The van der Waals surface area contributed by atoms with Gasteiger partial charge in [-0.05, 0) is 20.8 Å². The van der Waals surface area contributed by atoms with Crippen molar-refractivity contribution in [3.8, 4) is 0 Å². The van der Waals surface area contributed by atoms with Gasteiger partial charge in [0.25, 0.3) is 0 Å². The molecule has 0 aliphatic carbocycles. The molecule has 0 atom stereocenters. The molecule has 6 heteroatoms. The first-order valence-corrected chi connectivity index (χ1v) is 6.26. The summed E-state index contributed by atoms with van der Waals surface area (Å²) in [6.45, 7) is 7.27. The summed E-state index contributed by atoms with van der Waals surface area (Å²) in [7, 11) is 0. The number of carboxylic acids is 1. The predicted molar refractivity (Wildman–Crippen MR) is 69.5 cm³/mol. The van der Waals surface area contributed by atoms with Crippen molar-refractivity contribution in [3.63, 3.8) is 0 Å². The lowest BCUT2D eigenvalue weighted by Crippen LogP contribution is -2.51. The van der Waals surface area contributed by atoms with Gasteiger partial charge < -0.3 is 14.9 Å². The van der Waals surface area contributed by atoms with E-state index in [9.17, 15) is 14.4 Å². The van der Waals surface area contributed by atoms with E-state index >= 15 is 0 Å². The van der Waals surface area contributed by atoms with Crippen LogP contribution in [0.1, 0.15) is 27.2 Å². The van der Waals surface area contributed by atoms with Gasteiger partial charge in [-0.1, -0.05) is 5.57 Å². The van der Waals surface area contributed by atoms with Gasteiger partial charge >= 0.3 is 5.97 Å². The predicted octanol–water partition coefficient (Wildman–Crippen LogP) is 0.488. The standard InChI is InChI=1S/C13H20N2O4/c1-9(2)10(3)13(19)15-6-4-14(5-7-15)11(16)8-12(17)18/h4-8H2,1-3H3,(H,17,18). The van der Waals surface area contributed by atoms with E-state index in [-0.39, 0.29) is 5.91 Å². The molecule has 0 radical (unpaired) electrons. The molecule has 1 fully saturated rings. The Bertz CT molecular complexity index is 416. The van der Waals surface area contributed by atoms with E-state index < -0.39 is 18.3 Å². The molecule has 1 saturated heterocycles. The lowest BCUT2D eigenvalue weighted by Gasteiger charge is -2.35. The number of carboxylic acid groups (broad SMARTS) is 1. The van der Waals surface area contributed by atoms with Crippen LogP contribution in [0.15, 0.2) is 11.1 Å². The Hall–Kier alpha value is -1.85. The maximum atomic E-state index is 12.1. The Labute approximate surface area is 112 Å². The van der Waals surface area contributed by atoms with Crippen LogP contribution in [0.25, 0.3) is 0 Å². The number of carbonyl (C=O) groups is 3. The summed E-state index contributed by atoms with van der Waals surface area (Å²) < 4.78 is 0. The molecule has 0 aromatic carbocycles. The van der Waals surface area contributed by atoms with Crippen LogP contribution in [0.3, 0.4) is 0 Å². The number of piperazine rings is 1. The molecule has 0 unspecified atom stereocenters. The highest BCUT2D eigenvalue weighted by atomic mass is 16.4. The van der Waals surface area contributed by atoms with Crippen molar-refractivity contribution in [3.05, 3.63) is 11.1 Å². The second-order valence-corrected chi connectivity index (χ2v) is 4.87. The van der Waals surface area contributed by atoms with E-state index in [2.05, 4.69) is 0 Å². The van der Waals surface area contributed by atoms with Gasteiger partial charge in [-0.3, -0.25) is 14.4 Å². The van der Waals surface area contributed by atoms with Gasteiger partial charge in [0.2, 0.25) is 11.8 Å². The number of allylic oxidation sites excluding steroid dienone is 1. The lowest BCUT2D eigenvalue weighted by molar-refractivity contribution is -0.146. The minimum Gasteiger partial charge on any atom is -0.481 e. The number of nitrogens with zero attached hydrogens (tertiary/aromatic N) is 2. The maximum Gasteiger partial charge on any atom is 0.312 e. The quantitative estimate of drug-likeness (QED) is 0.597. The molecule has 2 amide bonds. The first-order chi connectivity index (χ1) is 8.82. The SMILES string of the molecule is CC(C)=C(C)C(=O)N1CCN(C(=O)CC(=O)O)CC1. The van der Waals surface area contributed by atoms with Crippen LogP contribution >= 0.6 is 0 Å². The average Bonchev–Trinajstić information content (AvgIpc) is 2.36. The van der Waals surface area contributed by atoms with E-state index in [1.807, 2.05) is 13.8 Å². The van der Waals surface area contributed by atoms with Crippen LogP contribution in [-0.4, -0.2) is 58.9 Å². The molecule has 1 aliphatic heterocycles. The Morgan fingerprint density at radius 3 is 1.84 bits per heavy atom. The molecule has 0 aromatic rings. The summed E-state index contributed by atoms with van der Waals surface area (Å²) in [5.41, 5.74) is 1.71. The van der Waals surface area contributed by atoms with E-state index in [1.165, 1.54) is 4.90 Å². The fourth-order valence-electron chi connectivity index (χ4n) is 1.85. The van der Waals surface area contributed by atoms with Crippen molar-refractivity contribution in [1.29, 1.82) is 0 Å². The number of hydrogen-bond donors (Lipinski definition) is 1. The molecule has 19 heavy (non-hydrogen) atoms. The third-order valence-corrected chi connectivity index (χ3v) is 3.29. The normalized spacial score (nSPS) is 15.1. The van der Waals surface area contributed by atoms with Crippen molar-refractivity contribution >= 4 is 17.8 Å². The van der Waals surface area contributed by atoms with Crippen molar-refractivity contribution < 1.29 is 19.5 Å². The summed E-state index contributed by atoms with van der Waals surface area (Å²) in [6, 6.07) is 0. The Kier molecular flexibility index (Phi) is 5.09. The fourth-order valence-corrected chi connectivity index (χ4v) is 1.85. The molecule has 1 rings (SSSR count). The lowest BCUT2D eigenvalue weighted by atomic mass is 10.1. The van der Waals surface area contributed by atoms with Gasteiger partial charge in [-0.25, -0.2) is 0 Å². The molecule has 1 heterocycles. The average molecular weight is 268 g/mol. The van der Waals surface area contributed by atoms with Crippen LogP contribution in [0, 0.1) is 0 Å². The number of carbonyl (C=O) groups excluding carboxylic acids is 2. The van der Waals surface area contributed by atoms with Crippen LogP contribution in [0.2, 0.25) is 0 Å². The van der Waals surface area contributed by atoms with Crippen molar-refractivity contribution in [1.82, 2.24) is 9.80 Å². The molecule has 106 valence electrons. The van der Waals surface area contributed by atoms with E-state index in [0.717, 1.165) is 11.1 Å². The summed E-state index contributed by atoms with van der Waals surface area (Å²) in [4.78, 5) is 37.3. The van der Waals surface area contributed by atoms with Crippen LogP contribution in [0.5, 0.6) is 0 Å². The van der Waals surface area contributed by atoms with E-state index in [1.54, 1.807) is 11.8 Å². The highest BCUT2D eigenvalue weighted by molar-refractivity contribution is 5.95. The highest BCUT2D eigenvalue weighted by Gasteiger charge is 2.25. The van der Waals surface area contributed by atoms with Crippen LogP contribution in [-0.2, 0) is 14.4 Å². The molecule has 0 aromatic heterocycles. The first-order valence-electron chi connectivity index (χ1n) is 6.26. The zero-order chi connectivity index (χ0) is 14.6. The summed E-state index contributed by atoms with van der Waals surface area (Å²) >= 11 is 0. The summed E-state index contributed by atoms with van der Waals surface area (Å²) in [5.74, 6) is -1.52. The van der Waals surface area contributed by atoms with Crippen LogP contribution < -0.4 is 0 Å². The van der Waals surface area contributed by atoms with Crippen molar-refractivity contribution in [2.24, 2.45) is 0 Å². The second-order valence-electron chi connectivity index (χ2n) is 4.87. The first kappa shape index (κ1) is 15.2. The molecule has 0 bridgehead atoms. The van der Waals surface area contributed by atoms with E-state index in [4.69, 9.17) is 5.11 Å². The smallest absolute Gasteiger partial charge is 0.312 e.